The number of aliphatic hydroxyl groups is 1. The third kappa shape index (κ3) is 4.93. The fraction of sp³-hybridized carbons (Fsp3) is 0.235. The molecule has 4 nitrogen and oxygen atoms in total. The minimum atomic E-state index is -0.477. The summed E-state index contributed by atoms with van der Waals surface area (Å²) in [4.78, 5) is 11.8. The molecule has 0 unspecified atom stereocenters. The molecule has 0 spiro atoms. The van der Waals surface area contributed by atoms with Crippen LogP contribution in [0.25, 0.3) is 0 Å². The van der Waals surface area contributed by atoms with Crippen molar-refractivity contribution in [3.05, 3.63) is 65.7 Å². The highest BCUT2D eigenvalue weighted by atomic mass is 16.5. The highest BCUT2D eigenvalue weighted by Crippen LogP contribution is 2.17. The van der Waals surface area contributed by atoms with E-state index in [9.17, 15) is 4.79 Å². The Bertz CT molecular complexity index is 569. The maximum absolute atomic E-state index is 11.8. The molecule has 21 heavy (non-hydrogen) atoms. The Morgan fingerprint density at radius 2 is 1.76 bits per heavy atom. The first-order chi connectivity index (χ1) is 10.3. The first-order valence-electron chi connectivity index (χ1n) is 6.96. The molecular weight excluding hydrogens is 266 g/mol. The molecule has 0 radical (unpaired) electrons. The van der Waals surface area contributed by atoms with Crippen LogP contribution in [0.4, 0.5) is 10.5 Å². The number of ether oxygens (including phenoxy) is 1. The topological polar surface area (TPSA) is 58.6 Å². The van der Waals surface area contributed by atoms with E-state index in [0.29, 0.717) is 12.8 Å². The normalized spacial score (nSPS) is 10.1. The molecule has 0 atom stereocenters. The van der Waals surface area contributed by atoms with Crippen LogP contribution in [0.1, 0.15) is 17.5 Å². The van der Waals surface area contributed by atoms with Crippen LogP contribution in [-0.2, 0) is 17.8 Å². The lowest BCUT2D eigenvalue weighted by Gasteiger charge is -2.11. The lowest BCUT2D eigenvalue weighted by Crippen LogP contribution is -2.14. The van der Waals surface area contributed by atoms with Gasteiger partial charge >= 0.3 is 6.09 Å². The molecule has 2 N–H and O–H groups in total. The summed E-state index contributed by atoms with van der Waals surface area (Å²) in [6.45, 7) is 0.373. The fourth-order valence-electron chi connectivity index (χ4n) is 2.00. The molecule has 0 saturated heterocycles. The van der Waals surface area contributed by atoms with Gasteiger partial charge in [0.1, 0.15) is 6.61 Å². The molecule has 110 valence electrons. The van der Waals surface area contributed by atoms with Gasteiger partial charge in [-0.05, 0) is 30.0 Å². The Morgan fingerprint density at radius 1 is 1.05 bits per heavy atom. The monoisotopic (exact) mass is 285 g/mol. The Morgan fingerprint density at radius 3 is 2.52 bits per heavy atom. The van der Waals surface area contributed by atoms with Gasteiger partial charge in [-0.25, -0.2) is 4.79 Å². The van der Waals surface area contributed by atoms with Gasteiger partial charge in [0.2, 0.25) is 0 Å². The number of para-hydroxylation sites is 1. The van der Waals surface area contributed by atoms with E-state index in [0.717, 1.165) is 16.8 Å². The Kier molecular flexibility index (Phi) is 5.79. The van der Waals surface area contributed by atoms with E-state index in [1.807, 2.05) is 54.6 Å². The molecular formula is C17H19NO3. The number of carbonyl (C=O) groups excluding carboxylic acids is 1. The number of nitrogens with one attached hydrogen (secondary N) is 1. The summed E-state index contributed by atoms with van der Waals surface area (Å²) in [5.41, 5.74) is 2.66. The third-order valence-corrected chi connectivity index (χ3v) is 3.07. The second kappa shape index (κ2) is 8.07. The summed E-state index contributed by atoms with van der Waals surface area (Å²) in [6.07, 6.45) is 0.902. The first-order valence-corrected chi connectivity index (χ1v) is 6.96. The van der Waals surface area contributed by atoms with Crippen LogP contribution in [0.3, 0.4) is 0 Å². The molecule has 2 aromatic rings. The largest absolute Gasteiger partial charge is 0.444 e. The number of hydrogen-bond donors (Lipinski definition) is 2. The quantitative estimate of drug-likeness (QED) is 0.855. The molecule has 4 heteroatoms. The van der Waals surface area contributed by atoms with Crippen molar-refractivity contribution in [1.29, 1.82) is 0 Å². The van der Waals surface area contributed by atoms with Gasteiger partial charge in [0.05, 0.1) is 0 Å². The van der Waals surface area contributed by atoms with Crippen molar-refractivity contribution in [3.8, 4) is 0 Å². The molecule has 0 aliphatic rings. The van der Waals surface area contributed by atoms with Gasteiger partial charge in [0.25, 0.3) is 0 Å². The van der Waals surface area contributed by atoms with Gasteiger partial charge < -0.3 is 9.84 Å². The number of aliphatic hydroxyl groups excluding tert-OH is 1. The van der Waals surface area contributed by atoms with Crippen molar-refractivity contribution in [2.75, 3.05) is 11.9 Å². The second-order valence-electron chi connectivity index (χ2n) is 4.67. The second-order valence-corrected chi connectivity index (χ2v) is 4.67. The summed E-state index contributed by atoms with van der Waals surface area (Å²) in [7, 11) is 0. The van der Waals surface area contributed by atoms with E-state index in [2.05, 4.69) is 5.32 Å². The average Bonchev–Trinajstić information content (AvgIpc) is 2.53. The number of carbonyl (C=O) groups is 1. The van der Waals surface area contributed by atoms with Crippen LogP contribution in [0.2, 0.25) is 0 Å². The molecule has 2 rings (SSSR count). The van der Waals surface area contributed by atoms with Crippen LogP contribution in [0.5, 0.6) is 0 Å². The van der Waals surface area contributed by atoms with Gasteiger partial charge in [-0.2, -0.15) is 0 Å². The zero-order valence-corrected chi connectivity index (χ0v) is 11.8. The molecule has 0 aliphatic carbocycles. The van der Waals surface area contributed by atoms with Crippen molar-refractivity contribution < 1.29 is 14.6 Å². The van der Waals surface area contributed by atoms with Gasteiger partial charge in [-0.15, -0.1) is 0 Å². The molecule has 1 amide bonds. The Hall–Kier alpha value is -2.33. The zero-order valence-electron chi connectivity index (χ0n) is 11.8. The molecule has 0 fully saturated rings. The molecule has 0 saturated carbocycles. The maximum atomic E-state index is 11.8. The number of amides is 1. The molecule has 0 aliphatic heterocycles. The number of benzene rings is 2. The SMILES string of the molecule is O=C(Nc1ccccc1CCCO)OCc1ccccc1. The van der Waals surface area contributed by atoms with Crippen molar-refractivity contribution in [1.82, 2.24) is 0 Å². The first kappa shape index (κ1) is 15.1. The standard InChI is InChI=1S/C17H19NO3/c19-12-6-10-15-9-4-5-11-16(15)18-17(20)21-13-14-7-2-1-3-8-14/h1-5,7-9,11,19H,6,10,12-13H2,(H,18,20). The van der Waals surface area contributed by atoms with Crippen LogP contribution < -0.4 is 5.32 Å². The van der Waals surface area contributed by atoms with E-state index in [1.165, 1.54) is 0 Å². The van der Waals surface area contributed by atoms with E-state index in [-0.39, 0.29) is 13.2 Å². The third-order valence-electron chi connectivity index (χ3n) is 3.07. The molecule has 2 aromatic carbocycles. The van der Waals surface area contributed by atoms with Gasteiger partial charge in [-0.1, -0.05) is 48.5 Å². The molecule has 0 aromatic heterocycles. The summed E-state index contributed by atoms with van der Waals surface area (Å²) < 4.78 is 5.19. The lowest BCUT2D eigenvalue weighted by molar-refractivity contribution is 0.155. The van der Waals surface area contributed by atoms with Crippen LogP contribution >= 0.6 is 0 Å². The van der Waals surface area contributed by atoms with E-state index >= 15 is 0 Å². The minimum Gasteiger partial charge on any atom is -0.444 e. The predicted molar refractivity (Wildman–Crippen MR) is 82.1 cm³/mol. The van der Waals surface area contributed by atoms with Gasteiger partial charge in [0, 0.05) is 12.3 Å². The summed E-state index contributed by atoms with van der Waals surface area (Å²) >= 11 is 0. The predicted octanol–water partition coefficient (Wildman–Crippen LogP) is 3.36. The maximum Gasteiger partial charge on any atom is 0.411 e. The van der Waals surface area contributed by atoms with Crippen LogP contribution in [-0.4, -0.2) is 17.8 Å². The van der Waals surface area contributed by atoms with Crippen LogP contribution in [0.15, 0.2) is 54.6 Å². The Balaban J connectivity index is 1.90. The zero-order chi connectivity index (χ0) is 14.9. The fourth-order valence-corrected chi connectivity index (χ4v) is 2.00. The van der Waals surface area contributed by atoms with Crippen molar-refractivity contribution in [2.24, 2.45) is 0 Å². The average molecular weight is 285 g/mol. The number of hydrogen-bond acceptors (Lipinski definition) is 3. The van der Waals surface area contributed by atoms with Gasteiger partial charge in [-0.3, -0.25) is 5.32 Å². The minimum absolute atomic E-state index is 0.132. The van der Waals surface area contributed by atoms with Crippen molar-refractivity contribution >= 4 is 11.8 Å². The summed E-state index contributed by atoms with van der Waals surface area (Å²) in [6, 6.07) is 17.1. The molecule has 0 heterocycles. The number of rotatable bonds is 6. The summed E-state index contributed by atoms with van der Waals surface area (Å²) in [5, 5.41) is 11.6. The smallest absolute Gasteiger partial charge is 0.411 e. The Labute approximate surface area is 124 Å². The highest BCUT2D eigenvalue weighted by molar-refractivity contribution is 5.85. The lowest BCUT2D eigenvalue weighted by atomic mass is 10.1. The number of aryl methyl sites for hydroxylation is 1. The van der Waals surface area contributed by atoms with Crippen molar-refractivity contribution in [2.45, 2.75) is 19.4 Å². The van der Waals surface area contributed by atoms with Gasteiger partial charge in [0.15, 0.2) is 0 Å². The van der Waals surface area contributed by atoms with Crippen LogP contribution in [0, 0.1) is 0 Å². The van der Waals surface area contributed by atoms with E-state index in [4.69, 9.17) is 9.84 Å². The number of anilines is 1. The van der Waals surface area contributed by atoms with E-state index < -0.39 is 6.09 Å². The molecule has 0 bridgehead atoms. The van der Waals surface area contributed by atoms with E-state index in [1.54, 1.807) is 0 Å². The highest BCUT2D eigenvalue weighted by Gasteiger charge is 2.07. The summed E-state index contributed by atoms with van der Waals surface area (Å²) in [5.74, 6) is 0. The van der Waals surface area contributed by atoms with Crippen molar-refractivity contribution in [3.63, 3.8) is 0 Å².